The molecule has 5 saturated carbocycles. The number of amides is 1. The second kappa shape index (κ2) is 8.70. The predicted molar refractivity (Wildman–Crippen MR) is 143 cm³/mol. The number of rotatable bonds is 6. The van der Waals surface area contributed by atoms with Gasteiger partial charge < -0.3 is 14.7 Å². The number of carbonyl (C=O) groups excluding carboxylic acids is 1. The Morgan fingerprint density at radius 1 is 0.944 bits per heavy atom. The Kier molecular flexibility index (Phi) is 6.20. The number of nitrogens with zero attached hydrogens (tertiary/aromatic N) is 1. The number of ether oxygens (including phenoxy) is 1. The Labute approximate surface area is 220 Å². The molecule has 2 spiro atoms. The lowest BCUT2D eigenvalue weighted by Gasteiger charge is -2.59. The van der Waals surface area contributed by atoms with Gasteiger partial charge in [-0.1, -0.05) is 41.0 Å². The van der Waals surface area contributed by atoms with Crippen molar-refractivity contribution < 1.29 is 14.6 Å². The Morgan fingerprint density at radius 2 is 1.72 bits per heavy atom. The summed E-state index contributed by atoms with van der Waals surface area (Å²) >= 11 is 0. The normalized spacial score (nSPS) is 50.2. The number of aliphatic hydroxyl groups is 1. The molecule has 10 atom stereocenters. The molecule has 0 bridgehead atoms. The van der Waals surface area contributed by atoms with Crippen LogP contribution >= 0.6 is 0 Å². The zero-order valence-corrected chi connectivity index (χ0v) is 23.9. The molecular weight excluding hydrogens is 446 g/mol. The van der Waals surface area contributed by atoms with Crippen molar-refractivity contribution in [3.05, 3.63) is 0 Å². The van der Waals surface area contributed by atoms with Gasteiger partial charge in [0.15, 0.2) is 0 Å². The van der Waals surface area contributed by atoms with Crippen molar-refractivity contribution in [1.29, 1.82) is 0 Å². The van der Waals surface area contributed by atoms with Crippen LogP contribution < -0.4 is 0 Å². The second-order valence-electron chi connectivity index (χ2n) is 15.0. The average Bonchev–Trinajstić information content (AvgIpc) is 3.44. The van der Waals surface area contributed by atoms with E-state index in [9.17, 15) is 9.90 Å². The van der Waals surface area contributed by atoms with E-state index in [2.05, 4.69) is 32.6 Å². The summed E-state index contributed by atoms with van der Waals surface area (Å²) in [6.45, 7) is 13.3. The van der Waals surface area contributed by atoms with Crippen LogP contribution in [0.5, 0.6) is 0 Å². The molecule has 0 aromatic rings. The van der Waals surface area contributed by atoms with Crippen molar-refractivity contribution >= 4 is 5.91 Å². The summed E-state index contributed by atoms with van der Waals surface area (Å²) in [7, 11) is 0. The van der Waals surface area contributed by atoms with Crippen LogP contribution in [0, 0.1) is 45.3 Å². The number of aliphatic hydroxyl groups excluding tert-OH is 1. The van der Waals surface area contributed by atoms with E-state index in [1.165, 1.54) is 51.4 Å². The van der Waals surface area contributed by atoms with Gasteiger partial charge in [-0.05, 0) is 116 Å². The fourth-order valence-corrected chi connectivity index (χ4v) is 11.6. The standard InChI is InChI=1S/C32H53NO3/c1-6-8-17-33(28(35)7-2)19-21-9-10-23-25(36-21)18-24-22-11-12-26-29(3,4)27(34)13-14-32(26)20-31(22,32)16-15-30(23,24)5/h21-27,34H,6-20H2,1-5H3/t21?,22?,23?,24?,25?,26?,27-,30?,31-,32?/m0/s1. The van der Waals surface area contributed by atoms with Gasteiger partial charge in [0.05, 0.1) is 18.3 Å². The van der Waals surface area contributed by atoms with Gasteiger partial charge in [-0.2, -0.15) is 0 Å². The lowest BCUT2D eigenvalue weighted by atomic mass is 9.46. The molecule has 36 heavy (non-hydrogen) atoms. The zero-order chi connectivity index (χ0) is 25.5. The third kappa shape index (κ3) is 3.41. The molecule has 204 valence electrons. The Bertz CT molecular complexity index is 871. The summed E-state index contributed by atoms with van der Waals surface area (Å²) in [6.07, 6.45) is 16.2. The van der Waals surface area contributed by atoms with Gasteiger partial charge in [0.25, 0.3) is 0 Å². The predicted octanol–water partition coefficient (Wildman–Crippen LogP) is 6.59. The van der Waals surface area contributed by atoms with E-state index in [1.807, 2.05) is 6.92 Å². The maximum absolute atomic E-state index is 12.6. The molecule has 0 radical (unpaired) electrons. The third-order valence-corrected chi connectivity index (χ3v) is 13.5. The molecule has 4 heteroatoms. The molecular formula is C32H53NO3. The second-order valence-corrected chi connectivity index (χ2v) is 15.0. The van der Waals surface area contributed by atoms with Crippen molar-refractivity contribution in [1.82, 2.24) is 4.90 Å². The monoisotopic (exact) mass is 499 g/mol. The van der Waals surface area contributed by atoms with E-state index in [-0.39, 0.29) is 17.6 Å². The first-order valence-corrected chi connectivity index (χ1v) is 15.7. The van der Waals surface area contributed by atoms with E-state index in [0.29, 0.717) is 46.5 Å². The maximum Gasteiger partial charge on any atom is 0.222 e. The molecule has 8 unspecified atom stereocenters. The maximum atomic E-state index is 12.6. The lowest BCUT2D eigenvalue weighted by Crippen LogP contribution is -2.54. The Balaban J connectivity index is 1.18. The van der Waals surface area contributed by atoms with Crippen LogP contribution in [0.25, 0.3) is 0 Å². The summed E-state index contributed by atoms with van der Waals surface area (Å²) in [4.78, 5) is 14.7. The summed E-state index contributed by atoms with van der Waals surface area (Å²) in [6, 6.07) is 0. The van der Waals surface area contributed by atoms with E-state index >= 15 is 0 Å². The Morgan fingerprint density at radius 3 is 2.47 bits per heavy atom. The molecule has 1 saturated heterocycles. The van der Waals surface area contributed by atoms with E-state index in [4.69, 9.17) is 4.74 Å². The smallest absolute Gasteiger partial charge is 0.222 e. The van der Waals surface area contributed by atoms with Crippen molar-refractivity contribution in [3.8, 4) is 0 Å². The molecule has 0 aromatic heterocycles. The molecule has 1 N–H and O–H groups in total. The van der Waals surface area contributed by atoms with E-state index in [0.717, 1.165) is 50.6 Å². The first-order chi connectivity index (χ1) is 17.1. The van der Waals surface area contributed by atoms with Gasteiger partial charge in [-0.15, -0.1) is 0 Å². The van der Waals surface area contributed by atoms with Crippen LogP contribution in [0.2, 0.25) is 0 Å². The highest BCUT2D eigenvalue weighted by Gasteiger charge is 2.80. The van der Waals surface area contributed by atoms with Crippen LogP contribution in [0.15, 0.2) is 0 Å². The van der Waals surface area contributed by atoms with Crippen LogP contribution in [-0.2, 0) is 9.53 Å². The first-order valence-electron chi connectivity index (χ1n) is 15.7. The Hall–Kier alpha value is -0.610. The van der Waals surface area contributed by atoms with Crippen molar-refractivity contribution in [2.75, 3.05) is 13.1 Å². The minimum atomic E-state index is -0.118. The van der Waals surface area contributed by atoms with Crippen LogP contribution in [0.4, 0.5) is 0 Å². The van der Waals surface area contributed by atoms with Crippen LogP contribution in [0.1, 0.15) is 118 Å². The highest BCUT2D eigenvalue weighted by Crippen LogP contribution is 2.87. The highest BCUT2D eigenvalue weighted by molar-refractivity contribution is 5.75. The molecule has 6 fully saturated rings. The van der Waals surface area contributed by atoms with Crippen molar-refractivity contribution in [3.63, 3.8) is 0 Å². The van der Waals surface area contributed by atoms with Gasteiger partial charge in [-0.3, -0.25) is 4.79 Å². The summed E-state index contributed by atoms with van der Waals surface area (Å²) < 4.78 is 6.92. The molecule has 5 aliphatic carbocycles. The van der Waals surface area contributed by atoms with Gasteiger partial charge in [0.2, 0.25) is 5.91 Å². The molecule has 6 rings (SSSR count). The zero-order valence-electron chi connectivity index (χ0n) is 23.9. The largest absolute Gasteiger partial charge is 0.393 e. The third-order valence-electron chi connectivity index (χ3n) is 13.5. The van der Waals surface area contributed by atoms with Gasteiger partial charge in [-0.25, -0.2) is 0 Å². The minimum absolute atomic E-state index is 0.0764. The quantitative estimate of drug-likeness (QED) is 0.448. The van der Waals surface area contributed by atoms with Crippen molar-refractivity contribution in [2.45, 2.75) is 136 Å². The number of hydrogen-bond acceptors (Lipinski definition) is 3. The first kappa shape index (κ1) is 25.7. The van der Waals surface area contributed by atoms with E-state index < -0.39 is 0 Å². The molecule has 1 amide bonds. The van der Waals surface area contributed by atoms with Crippen LogP contribution in [0.3, 0.4) is 0 Å². The molecule has 1 aliphatic heterocycles. The number of fused-ring (bicyclic) bond motifs is 4. The number of carbonyl (C=O) groups is 1. The average molecular weight is 500 g/mol. The van der Waals surface area contributed by atoms with Crippen LogP contribution in [-0.4, -0.2) is 47.3 Å². The fraction of sp³-hybridized carbons (Fsp3) is 0.969. The van der Waals surface area contributed by atoms with Gasteiger partial charge in [0.1, 0.15) is 0 Å². The summed E-state index contributed by atoms with van der Waals surface area (Å²) in [5.41, 5.74) is 1.60. The minimum Gasteiger partial charge on any atom is -0.393 e. The molecule has 0 aromatic carbocycles. The highest BCUT2D eigenvalue weighted by atomic mass is 16.5. The summed E-state index contributed by atoms with van der Waals surface area (Å²) in [5, 5.41) is 10.9. The molecule has 6 aliphatic rings. The fourth-order valence-electron chi connectivity index (χ4n) is 11.6. The topological polar surface area (TPSA) is 49.8 Å². The van der Waals surface area contributed by atoms with Gasteiger partial charge >= 0.3 is 0 Å². The number of hydrogen-bond donors (Lipinski definition) is 1. The molecule has 1 heterocycles. The number of unbranched alkanes of at least 4 members (excludes halogenated alkanes) is 1. The lowest BCUT2D eigenvalue weighted by molar-refractivity contribution is -0.141. The summed E-state index contributed by atoms with van der Waals surface area (Å²) in [5.74, 6) is 3.39. The SMILES string of the molecule is CCCCN(CC1CCC2C(CC3C4CCC5C(C)(C)[C@@H](O)CCC56C[C@@]46CCC23C)O1)C(=O)CC. The molecule has 4 nitrogen and oxygen atoms in total. The van der Waals surface area contributed by atoms with E-state index in [1.54, 1.807) is 0 Å². The van der Waals surface area contributed by atoms with Crippen molar-refractivity contribution in [2.24, 2.45) is 45.3 Å². The van der Waals surface area contributed by atoms with Gasteiger partial charge in [0, 0.05) is 19.5 Å².